The highest BCUT2D eigenvalue weighted by molar-refractivity contribution is 6.30. The van der Waals surface area contributed by atoms with Crippen LogP contribution in [0.5, 0.6) is 11.5 Å². The molecule has 1 aromatic heterocycles. The summed E-state index contributed by atoms with van der Waals surface area (Å²) in [5.74, 6) is 0.422. The van der Waals surface area contributed by atoms with E-state index in [1.54, 1.807) is 25.1 Å². The van der Waals surface area contributed by atoms with Crippen LogP contribution in [0, 0.1) is 0 Å². The van der Waals surface area contributed by atoms with Crippen molar-refractivity contribution in [3.05, 3.63) is 88.7 Å². The Hall–Kier alpha value is -3.58. The molecule has 0 aliphatic carbocycles. The topological polar surface area (TPSA) is 78.0 Å². The third-order valence-corrected chi connectivity index (χ3v) is 5.31. The van der Waals surface area contributed by atoms with Crippen LogP contribution in [0.3, 0.4) is 0 Å². The van der Waals surface area contributed by atoms with Gasteiger partial charge in [-0.05, 0) is 60.9 Å². The summed E-state index contributed by atoms with van der Waals surface area (Å²) in [5.41, 5.74) is 2.94. The number of carbonyl (C=O) groups excluding carboxylic acids is 2. The van der Waals surface area contributed by atoms with Crippen molar-refractivity contribution in [2.24, 2.45) is 0 Å². The second kappa shape index (κ2) is 13.3. The van der Waals surface area contributed by atoms with Crippen LogP contribution >= 0.6 is 11.6 Å². The van der Waals surface area contributed by atoms with Gasteiger partial charge in [-0.1, -0.05) is 42.8 Å². The monoisotopic (exact) mass is 496 g/mol. The van der Waals surface area contributed by atoms with Crippen LogP contribution < -0.4 is 9.47 Å². The Labute approximate surface area is 210 Å². The molecule has 3 aromatic rings. The minimum atomic E-state index is -0.687. The number of carbonyl (C=O) groups is 2. The Morgan fingerprint density at radius 1 is 0.971 bits per heavy atom. The molecule has 0 radical (unpaired) electrons. The van der Waals surface area contributed by atoms with Gasteiger partial charge in [-0.15, -0.1) is 0 Å². The molecule has 2 aromatic carbocycles. The van der Waals surface area contributed by atoms with Crippen molar-refractivity contribution in [3.63, 3.8) is 0 Å². The van der Waals surface area contributed by atoms with Gasteiger partial charge in [-0.25, -0.2) is 4.79 Å². The highest BCUT2D eigenvalue weighted by atomic mass is 35.5. The second-order valence-electron chi connectivity index (χ2n) is 7.74. The number of halogens is 1. The first-order chi connectivity index (χ1) is 17.0. The highest BCUT2D eigenvalue weighted by Crippen LogP contribution is 2.20. The summed E-state index contributed by atoms with van der Waals surface area (Å²) < 4.78 is 16.3. The van der Waals surface area contributed by atoms with Gasteiger partial charge in [0.15, 0.2) is 0 Å². The summed E-state index contributed by atoms with van der Waals surface area (Å²) in [6, 6.07) is 17.9. The van der Waals surface area contributed by atoms with Gasteiger partial charge in [0.1, 0.15) is 18.0 Å². The fourth-order valence-corrected chi connectivity index (χ4v) is 3.46. The van der Waals surface area contributed by atoms with E-state index in [0.29, 0.717) is 23.8 Å². The number of esters is 1. The number of hydrogen-bond acceptors (Lipinski definition) is 6. The van der Waals surface area contributed by atoms with E-state index in [-0.39, 0.29) is 25.4 Å². The molecule has 0 bridgehead atoms. The van der Waals surface area contributed by atoms with Crippen LogP contribution in [0.25, 0.3) is 0 Å². The van der Waals surface area contributed by atoms with Crippen LogP contribution in [0.2, 0.25) is 5.02 Å². The number of rotatable bonds is 11. The van der Waals surface area contributed by atoms with Gasteiger partial charge in [0, 0.05) is 29.9 Å². The van der Waals surface area contributed by atoms with E-state index in [1.165, 1.54) is 16.5 Å². The first kappa shape index (κ1) is 26.0. The molecular formula is C27H29ClN2O5. The summed E-state index contributed by atoms with van der Waals surface area (Å²) >= 11 is 5.98. The molecule has 0 aliphatic heterocycles. The molecule has 35 heavy (non-hydrogen) atoms. The average molecular weight is 497 g/mol. The molecule has 0 atom stereocenters. The lowest BCUT2D eigenvalue weighted by molar-refractivity contribution is -0.144. The predicted molar refractivity (Wildman–Crippen MR) is 134 cm³/mol. The van der Waals surface area contributed by atoms with Gasteiger partial charge in [-0.2, -0.15) is 0 Å². The normalized spacial score (nSPS) is 10.5. The Bertz CT molecular complexity index is 1120. The van der Waals surface area contributed by atoms with Gasteiger partial charge >= 0.3 is 12.1 Å². The summed E-state index contributed by atoms with van der Waals surface area (Å²) in [6.07, 6.45) is 2.83. The maximum Gasteiger partial charge on any atom is 0.416 e. The zero-order valence-electron chi connectivity index (χ0n) is 19.9. The molecular weight excluding hydrogens is 468 g/mol. The van der Waals surface area contributed by atoms with Gasteiger partial charge in [0.2, 0.25) is 0 Å². The van der Waals surface area contributed by atoms with Crippen molar-refractivity contribution in [3.8, 4) is 11.5 Å². The van der Waals surface area contributed by atoms with Gasteiger partial charge < -0.3 is 14.2 Å². The Morgan fingerprint density at radius 3 is 2.49 bits per heavy atom. The van der Waals surface area contributed by atoms with Crippen molar-refractivity contribution in [1.29, 1.82) is 0 Å². The lowest BCUT2D eigenvalue weighted by Gasteiger charge is -2.21. The fraction of sp³-hybridized carbons (Fsp3) is 0.296. The van der Waals surface area contributed by atoms with Crippen LogP contribution in [-0.2, 0) is 28.9 Å². The van der Waals surface area contributed by atoms with Crippen molar-refractivity contribution < 1.29 is 23.8 Å². The molecule has 0 N–H and O–H groups in total. The SMILES string of the molecule is CCOC(=O)CN(Cc1cccc(OCCc2ccc(CC)cn2)c1)C(=O)Oc1cccc(Cl)c1. The predicted octanol–water partition coefficient (Wildman–Crippen LogP) is 5.48. The van der Waals surface area contributed by atoms with Gasteiger partial charge in [0.25, 0.3) is 0 Å². The molecule has 0 saturated carbocycles. The minimum absolute atomic E-state index is 0.134. The number of aromatic nitrogens is 1. The van der Waals surface area contributed by atoms with Crippen molar-refractivity contribution >= 4 is 23.7 Å². The molecule has 0 saturated heterocycles. The Balaban J connectivity index is 1.63. The summed E-state index contributed by atoms with van der Waals surface area (Å²) in [4.78, 5) is 30.7. The van der Waals surface area contributed by atoms with Crippen molar-refractivity contribution in [2.75, 3.05) is 19.8 Å². The first-order valence-electron chi connectivity index (χ1n) is 11.5. The summed E-state index contributed by atoms with van der Waals surface area (Å²) in [6.45, 7) is 4.37. The van der Waals surface area contributed by atoms with Crippen LogP contribution in [-0.4, -0.2) is 41.7 Å². The number of hydrogen-bond donors (Lipinski definition) is 0. The van der Waals surface area contributed by atoms with E-state index in [9.17, 15) is 9.59 Å². The Morgan fingerprint density at radius 2 is 1.77 bits per heavy atom. The molecule has 184 valence electrons. The highest BCUT2D eigenvalue weighted by Gasteiger charge is 2.21. The van der Waals surface area contributed by atoms with E-state index < -0.39 is 12.1 Å². The number of pyridine rings is 1. The zero-order chi connectivity index (χ0) is 25.0. The van der Waals surface area contributed by atoms with E-state index in [4.69, 9.17) is 25.8 Å². The van der Waals surface area contributed by atoms with Crippen molar-refractivity contribution in [1.82, 2.24) is 9.88 Å². The lowest BCUT2D eigenvalue weighted by atomic mass is 10.2. The third kappa shape index (κ3) is 8.61. The molecule has 3 rings (SSSR count). The van der Waals surface area contributed by atoms with E-state index in [0.717, 1.165) is 17.7 Å². The number of benzene rings is 2. The largest absolute Gasteiger partial charge is 0.493 e. The standard InChI is InChI=1S/C27H29ClN2O5/c1-3-20-11-12-23(29-17-20)13-14-34-24-9-5-7-21(15-24)18-30(19-26(31)33-4-2)27(32)35-25-10-6-8-22(28)16-25/h5-12,15-17H,3-4,13-14,18-19H2,1-2H3. The van der Waals surface area contributed by atoms with E-state index in [1.807, 2.05) is 36.5 Å². The number of amides is 1. The van der Waals surface area contributed by atoms with Gasteiger partial charge in [0.05, 0.1) is 13.2 Å². The molecule has 7 nitrogen and oxygen atoms in total. The van der Waals surface area contributed by atoms with Crippen LogP contribution in [0.1, 0.15) is 30.7 Å². The first-order valence-corrected chi connectivity index (χ1v) is 11.9. The van der Waals surface area contributed by atoms with E-state index >= 15 is 0 Å². The van der Waals surface area contributed by atoms with Crippen molar-refractivity contribution in [2.45, 2.75) is 33.2 Å². The summed E-state index contributed by atoms with van der Waals surface area (Å²) in [7, 11) is 0. The maximum absolute atomic E-state index is 12.8. The minimum Gasteiger partial charge on any atom is -0.493 e. The van der Waals surface area contributed by atoms with Crippen LogP contribution in [0.4, 0.5) is 4.79 Å². The number of aryl methyl sites for hydroxylation is 1. The molecule has 0 unspecified atom stereocenters. The molecule has 8 heteroatoms. The quantitative estimate of drug-likeness (QED) is 0.327. The third-order valence-electron chi connectivity index (χ3n) is 5.08. The van der Waals surface area contributed by atoms with E-state index in [2.05, 4.69) is 18.0 Å². The average Bonchev–Trinajstić information content (AvgIpc) is 2.84. The smallest absolute Gasteiger partial charge is 0.416 e. The Kier molecular flexibility index (Phi) is 9.93. The summed E-state index contributed by atoms with van der Waals surface area (Å²) in [5, 5.41) is 0.439. The molecule has 1 amide bonds. The second-order valence-corrected chi connectivity index (χ2v) is 8.18. The van der Waals surface area contributed by atoms with Crippen LogP contribution in [0.15, 0.2) is 66.9 Å². The number of ether oxygens (including phenoxy) is 3. The van der Waals surface area contributed by atoms with Gasteiger partial charge in [-0.3, -0.25) is 14.7 Å². The molecule has 1 heterocycles. The molecule has 0 aliphatic rings. The molecule has 0 spiro atoms. The molecule has 0 fully saturated rings. The zero-order valence-corrected chi connectivity index (χ0v) is 20.7. The fourth-order valence-electron chi connectivity index (χ4n) is 3.28. The lowest BCUT2D eigenvalue weighted by Crippen LogP contribution is -2.38. The maximum atomic E-state index is 12.8. The number of nitrogens with zero attached hydrogens (tertiary/aromatic N) is 2.